The molecule has 0 aliphatic carbocycles. The third-order valence-corrected chi connectivity index (χ3v) is 5.83. The highest BCUT2D eigenvalue weighted by molar-refractivity contribution is 7.92. The Hall–Kier alpha value is -2.00. The normalized spacial score (nSPS) is 17.6. The Labute approximate surface area is 153 Å². The lowest BCUT2D eigenvalue weighted by Crippen LogP contribution is -2.22. The van der Waals surface area contributed by atoms with Gasteiger partial charge in [-0.05, 0) is 24.5 Å². The lowest BCUT2D eigenvalue weighted by molar-refractivity contribution is 0.521. The first-order valence-electron chi connectivity index (χ1n) is 7.77. The molecule has 1 aromatic carbocycles. The smallest absolute Gasteiger partial charge is 0.268 e. The molecule has 0 spiro atoms. The molecule has 0 radical (unpaired) electrons. The molecule has 1 saturated heterocycles. The van der Waals surface area contributed by atoms with Gasteiger partial charge < -0.3 is 4.90 Å². The minimum Gasteiger partial charge on any atom is -0.370 e. The van der Waals surface area contributed by atoms with E-state index in [0.29, 0.717) is 19.0 Å². The van der Waals surface area contributed by atoms with Crippen LogP contribution in [0.25, 0.3) is 0 Å². The monoisotopic (exact) mass is 405 g/mol. The number of nitrogens with one attached hydrogen (secondary N) is 1. The molecule has 3 rings (SSSR count). The summed E-state index contributed by atoms with van der Waals surface area (Å²) in [4.78, 5) is 3.79. The third kappa shape index (κ3) is 3.59. The number of hydrogen-bond acceptors (Lipinski definition) is 4. The predicted molar refractivity (Wildman–Crippen MR) is 92.4 cm³/mol. The van der Waals surface area contributed by atoms with Gasteiger partial charge in [0, 0.05) is 19.2 Å². The second kappa shape index (κ2) is 6.96. The molecular weight excluding hydrogens is 391 g/mol. The highest BCUT2D eigenvalue weighted by atomic mass is 35.5. The third-order valence-electron chi connectivity index (χ3n) is 4.08. The van der Waals surface area contributed by atoms with Crippen LogP contribution in [0.2, 0.25) is 5.02 Å². The van der Waals surface area contributed by atoms with Gasteiger partial charge in [0.05, 0.1) is 5.69 Å². The molecule has 140 valence electrons. The molecule has 1 aliphatic heterocycles. The first-order chi connectivity index (χ1) is 12.2. The van der Waals surface area contributed by atoms with Crippen molar-refractivity contribution in [3.63, 3.8) is 0 Å². The summed E-state index contributed by atoms with van der Waals surface area (Å²) in [7, 11) is -4.70. The number of benzene rings is 1. The first-order valence-corrected chi connectivity index (χ1v) is 9.63. The maximum Gasteiger partial charge on any atom is 0.268 e. The average Bonchev–Trinajstić information content (AvgIpc) is 2.96. The molecule has 1 atom stereocenters. The average molecular weight is 406 g/mol. The summed E-state index contributed by atoms with van der Waals surface area (Å²) in [6, 6.07) is 4.26. The number of halogens is 4. The number of pyridine rings is 1. The first kappa shape index (κ1) is 18.8. The van der Waals surface area contributed by atoms with Gasteiger partial charge >= 0.3 is 0 Å². The van der Waals surface area contributed by atoms with Crippen LogP contribution in [0, 0.1) is 23.5 Å². The summed E-state index contributed by atoms with van der Waals surface area (Å²) < 4.78 is 68.8. The summed E-state index contributed by atoms with van der Waals surface area (Å²) in [5, 5.41) is -0.479. The van der Waals surface area contributed by atoms with Crippen LogP contribution >= 0.6 is 11.6 Å². The number of sulfonamides is 1. The van der Waals surface area contributed by atoms with E-state index in [1.165, 1.54) is 6.07 Å². The molecule has 2 aromatic rings. The number of rotatable bonds is 4. The Kier molecular flexibility index (Phi) is 5.03. The Morgan fingerprint density at radius 2 is 2.04 bits per heavy atom. The maximum atomic E-state index is 14.6. The van der Waals surface area contributed by atoms with E-state index in [0.717, 1.165) is 24.6 Å². The van der Waals surface area contributed by atoms with Crippen molar-refractivity contribution in [3.8, 4) is 0 Å². The van der Waals surface area contributed by atoms with E-state index in [9.17, 15) is 21.6 Å². The SMILES string of the molecule is CC1CCN(c2cc(F)c(S(=O)(=O)Nc3cccc(F)n3)c(F)c2Cl)C1. The van der Waals surface area contributed by atoms with E-state index in [1.807, 2.05) is 11.6 Å². The quantitative estimate of drug-likeness (QED) is 0.621. The van der Waals surface area contributed by atoms with Gasteiger partial charge in [-0.2, -0.15) is 4.39 Å². The van der Waals surface area contributed by atoms with Crippen LogP contribution in [0.3, 0.4) is 0 Å². The van der Waals surface area contributed by atoms with Gasteiger partial charge in [-0.3, -0.25) is 4.72 Å². The molecule has 5 nitrogen and oxygen atoms in total. The fraction of sp³-hybridized carbons (Fsp3) is 0.312. The van der Waals surface area contributed by atoms with Crippen LogP contribution in [-0.2, 0) is 10.0 Å². The summed E-state index contributed by atoms with van der Waals surface area (Å²) in [6.45, 7) is 3.13. The van der Waals surface area contributed by atoms with Gasteiger partial charge in [0.15, 0.2) is 10.7 Å². The van der Waals surface area contributed by atoms with Crippen LogP contribution in [0.4, 0.5) is 24.7 Å². The zero-order valence-electron chi connectivity index (χ0n) is 13.6. The molecule has 0 amide bonds. The Morgan fingerprint density at radius 3 is 2.65 bits per heavy atom. The topological polar surface area (TPSA) is 62.3 Å². The fourth-order valence-corrected chi connectivity index (χ4v) is 4.32. The fourth-order valence-electron chi connectivity index (χ4n) is 2.85. The Balaban J connectivity index is 2.01. The number of aromatic nitrogens is 1. The van der Waals surface area contributed by atoms with Crippen molar-refractivity contribution in [2.45, 2.75) is 18.2 Å². The molecule has 1 unspecified atom stereocenters. The largest absolute Gasteiger partial charge is 0.370 e. The van der Waals surface area contributed by atoms with Gasteiger partial charge in [0.1, 0.15) is 16.7 Å². The van der Waals surface area contributed by atoms with Gasteiger partial charge in [-0.1, -0.05) is 24.6 Å². The van der Waals surface area contributed by atoms with Gasteiger partial charge in [0.2, 0.25) is 5.95 Å². The van der Waals surface area contributed by atoms with E-state index in [-0.39, 0.29) is 5.69 Å². The number of hydrogen-bond donors (Lipinski definition) is 1. The van der Waals surface area contributed by atoms with E-state index in [4.69, 9.17) is 11.6 Å². The lowest BCUT2D eigenvalue weighted by atomic mass is 10.2. The van der Waals surface area contributed by atoms with Crippen LogP contribution < -0.4 is 9.62 Å². The van der Waals surface area contributed by atoms with Crippen molar-refractivity contribution in [2.75, 3.05) is 22.7 Å². The molecule has 1 N–H and O–H groups in total. The molecule has 1 aliphatic rings. The Morgan fingerprint density at radius 1 is 1.31 bits per heavy atom. The highest BCUT2D eigenvalue weighted by Gasteiger charge is 2.31. The molecule has 0 saturated carbocycles. The second-order valence-corrected chi connectivity index (χ2v) is 8.12. The van der Waals surface area contributed by atoms with Crippen molar-refractivity contribution in [1.82, 2.24) is 4.98 Å². The van der Waals surface area contributed by atoms with Crippen molar-refractivity contribution < 1.29 is 21.6 Å². The zero-order valence-corrected chi connectivity index (χ0v) is 15.2. The van der Waals surface area contributed by atoms with Crippen LogP contribution in [0.5, 0.6) is 0 Å². The van der Waals surface area contributed by atoms with Gasteiger partial charge in [-0.25, -0.2) is 22.2 Å². The van der Waals surface area contributed by atoms with E-state index in [2.05, 4.69) is 4.98 Å². The molecule has 26 heavy (non-hydrogen) atoms. The molecule has 0 bridgehead atoms. The summed E-state index contributed by atoms with van der Waals surface area (Å²) in [5.41, 5.74) is 0.105. The molecular formula is C16H15ClF3N3O2S. The summed E-state index contributed by atoms with van der Waals surface area (Å²) >= 11 is 5.98. The minimum absolute atomic E-state index is 0.105. The maximum absolute atomic E-state index is 14.6. The van der Waals surface area contributed by atoms with Gasteiger partial charge in [-0.15, -0.1) is 0 Å². The molecule has 2 heterocycles. The summed E-state index contributed by atoms with van der Waals surface area (Å²) in [5.74, 6) is -3.70. The van der Waals surface area contributed by atoms with Crippen molar-refractivity contribution >= 4 is 33.1 Å². The van der Waals surface area contributed by atoms with E-state index in [1.54, 1.807) is 4.90 Å². The second-order valence-electron chi connectivity index (χ2n) is 6.13. The van der Waals surface area contributed by atoms with E-state index < -0.39 is 43.3 Å². The van der Waals surface area contributed by atoms with E-state index >= 15 is 0 Å². The molecule has 10 heteroatoms. The van der Waals surface area contributed by atoms with Crippen molar-refractivity contribution in [3.05, 3.63) is 46.9 Å². The van der Waals surface area contributed by atoms with Crippen LogP contribution in [0.15, 0.2) is 29.2 Å². The summed E-state index contributed by atoms with van der Waals surface area (Å²) in [6.07, 6.45) is 0.840. The zero-order chi connectivity index (χ0) is 19.1. The lowest BCUT2D eigenvalue weighted by Gasteiger charge is -2.21. The number of nitrogens with zero attached hydrogens (tertiary/aromatic N) is 2. The minimum atomic E-state index is -4.70. The van der Waals surface area contributed by atoms with Gasteiger partial charge in [0.25, 0.3) is 10.0 Å². The van der Waals surface area contributed by atoms with Crippen LogP contribution in [-0.4, -0.2) is 26.5 Å². The van der Waals surface area contributed by atoms with Crippen molar-refractivity contribution in [2.24, 2.45) is 5.92 Å². The predicted octanol–water partition coefficient (Wildman–Crippen LogP) is 3.80. The highest BCUT2D eigenvalue weighted by Crippen LogP contribution is 2.37. The van der Waals surface area contributed by atoms with Crippen molar-refractivity contribution in [1.29, 1.82) is 0 Å². The number of anilines is 2. The van der Waals surface area contributed by atoms with Crippen LogP contribution in [0.1, 0.15) is 13.3 Å². The molecule has 1 aromatic heterocycles. The molecule has 1 fully saturated rings. The standard InChI is InChI=1S/C16H15ClF3N3O2S/c1-9-5-6-23(8-9)11-7-10(18)16(15(20)14(11)17)26(24,25)22-13-4-2-3-12(19)21-13/h2-4,7,9H,5-6,8H2,1H3,(H,21,22). The Bertz CT molecular complexity index is 956.